The molecule has 0 saturated carbocycles. The van der Waals surface area contributed by atoms with E-state index in [1.807, 2.05) is 7.05 Å². The number of rotatable bonds is 0. The minimum atomic E-state index is 0.236. The summed E-state index contributed by atoms with van der Waals surface area (Å²) in [6.07, 6.45) is 0. The number of alkyl halides is 1. The first-order valence-electron chi connectivity index (χ1n) is 2.26. The fourth-order valence-corrected chi connectivity index (χ4v) is 1.84. The number of thioether (sulfide) groups is 1. The Morgan fingerprint density at radius 1 is 1.86 bits per heavy atom. The fourth-order valence-electron chi connectivity index (χ4n) is 0.523. The number of hydrogen-bond acceptors (Lipinski definition) is 2. The van der Waals surface area contributed by atoms with Crippen LogP contribution in [0.5, 0.6) is 0 Å². The molecule has 0 aromatic rings. The zero-order valence-corrected chi connectivity index (χ0v) is 5.80. The van der Waals surface area contributed by atoms with Crippen molar-refractivity contribution in [1.82, 2.24) is 4.90 Å². The topological polar surface area (TPSA) is 3.24 Å². The molecular formula is C4H8ClNS. The standard InChI is InChI=1S/C4H8ClNS/c1-6-2-3-7-4(6)5/h4H,2-3H2,1H3. The van der Waals surface area contributed by atoms with E-state index in [-0.39, 0.29) is 4.83 Å². The largest absolute Gasteiger partial charge is 0.281 e. The first-order valence-corrected chi connectivity index (χ1v) is 3.75. The molecule has 0 N–H and O–H groups in total. The molecule has 1 fully saturated rings. The number of hydrogen-bond donors (Lipinski definition) is 0. The Morgan fingerprint density at radius 2 is 2.57 bits per heavy atom. The summed E-state index contributed by atoms with van der Waals surface area (Å²) in [4.78, 5) is 2.37. The average Bonchev–Trinajstić information content (AvgIpc) is 1.91. The van der Waals surface area contributed by atoms with Gasteiger partial charge in [-0.3, -0.25) is 4.90 Å². The van der Waals surface area contributed by atoms with E-state index >= 15 is 0 Å². The van der Waals surface area contributed by atoms with E-state index in [9.17, 15) is 0 Å². The highest BCUT2D eigenvalue weighted by Crippen LogP contribution is 2.24. The molecule has 1 rings (SSSR count). The molecule has 1 heterocycles. The second-order valence-electron chi connectivity index (χ2n) is 1.64. The summed E-state index contributed by atoms with van der Waals surface area (Å²) in [5.74, 6) is 1.19. The second kappa shape index (κ2) is 2.25. The van der Waals surface area contributed by atoms with Crippen LogP contribution in [0.2, 0.25) is 0 Å². The molecule has 42 valence electrons. The monoisotopic (exact) mass is 137 g/mol. The van der Waals surface area contributed by atoms with E-state index in [2.05, 4.69) is 4.90 Å². The summed E-state index contributed by atoms with van der Waals surface area (Å²) < 4.78 is 0. The molecule has 0 aliphatic carbocycles. The highest BCUT2D eigenvalue weighted by molar-refractivity contribution is 8.01. The summed E-state index contributed by atoms with van der Waals surface area (Å²) in [7, 11) is 2.04. The van der Waals surface area contributed by atoms with Crippen LogP contribution in [0.15, 0.2) is 0 Å². The van der Waals surface area contributed by atoms with Crippen LogP contribution in [0.1, 0.15) is 0 Å². The van der Waals surface area contributed by atoms with Crippen molar-refractivity contribution >= 4 is 23.4 Å². The normalized spacial score (nSPS) is 34.3. The molecule has 1 nitrogen and oxygen atoms in total. The van der Waals surface area contributed by atoms with Gasteiger partial charge in [-0.2, -0.15) is 0 Å². The third-order valence-corrected chi connectivity index (χ3v) is 2.81. The molecule has 1 unspecified atom stereocenters. The summed E-state index contributed by atoms with van der Waals surface area (Å²) in [6.45, 7) is 1.14. The first-order chi connectivity index (χ1) is 3.30. The minimum Gasteiger partial charge on any atom is -0.281 e. The Bertz CT molecular complexity index is 60.7. The van der Waals surface area contributed by atoms with E-state index < -0.39 is 0 Å². The lowest BCUT2D eigenvalue weighted by Crippen LogP contribution is -2.17. The van der Waals surface area contributed by atoms with Crippen molar-refractivity contribution in [3.8, 4) is 0 Å². The first kappa shape index (κ1) is 5.73. The van der Waals surface area contributed by atoms with E-state index in [0.717, 1.165) is 6.54 Å². The average molecular weight is 138 g/mol. The molecule has 7 heavy (non-hydrogen) atoms. The summed E-state index contributed by atoms with van der Waals surface area (Å²) >= 11 is 7.55. The van der Waals surface area contributed by atoms with Crippen molar-refractivity contribution in [1.29, 1.82) is 0 Å². The van der Waals surface area contributed by atoms with Gasteiger partial charge in [0, 0.05) is 12.3 Å². The van der Waals surface area contributed by atoms with Gasteiger partial charge in [0.2, 0.25) is 0 Å². The maximum Gasteiger partial charge on any atom is 0.132 e. The van der Waals surface area contributed by atoms with Crippen LogP contribution in [0, 0.1) is 0 Å². The molecule has 0 amide bonds. The van der Waals surface area contributed by atoms with E-state index in [1.54, 1.807) is 11.8 Å². The molecule has 1 aliphatic rings. The van der Waals surface area contributed by atoms with Crippen LogP contribution in [0.25, 0.3) is 0 Å². The lowest BCUT2D eigenvalue weighted by atomic mass is 10.7. The van der Waals surface area contributed by atoms with Gasteiger partial charge in [-0.1, -0.05) is 11.6 Å². The molecule has 0 bridgehead atoms. The van der Waals surface area contributed by atoms with Gasteiger partial charge in [0.15, 0.2) is 0 Å². The third kappa shape index (κ3) is 1.24. The molecule has 0 aromatic carbocycles. The maximum absolute atomic E-state index is 5.75. The highest BCUT2D eigenvalue weighted by Gasteiger charge is 2.17. The SMILES string of the molecule is CN1CCSC1Cl. The molecule has 1 aliphatic heterocycles. The van der Waals surface area contributed by atoms with Crippen molar-refractivity contribution < 1.29 is 0 Å². The van der Waals surface area contributed by atoms with Gasteiger partial charge in [-0.15, -0.1) is 11.8 Å². The van der Waals surface area contributed by atoms with Gasteiger partial charge >= 0.3 is 0 Å². The van der Waals surface area contributed by atoms with Gasteiger partial charge in [0.1, 0.15) is 4.83 Å². The molecule has 3 heteroatoms. The van der Waals surface area contributed by atoms with E-state index in [0.29, 0.717) is 0 Å². The fraction of sp³-hybridized carbons (Fsp3) is 1.00. The lowest BCUT2D eigenvalue weighted by molar-refractivity contribution is 0.412. The number of nitrogens with zero attached hydrogens (tertiary/aromatic N) is 1. The molecule has 0 radical (unpaired) electrons. The van der Waals surface area contributed by atoms with Gasteiger partial charge in [-0.05, 0) is 7.05 Å². The van der Waals surface area contributed by atoms with Crippen LogP contribution in [0.4, 0.5) is 0 Å². The van der Waals surface area contributed by atoms with Crippen LogP contribution in [-0.4, -0.2) is 29.1 Å². The smallest absolute Gasteiger partial charge is 0.132 e. The van der Waals surface area contributed by atoms with Crippen molar-refractivity contribution in [3.63, 3.8) is 0 Å². The van der Waals surface area contributed by atoms with Crippen LogP contribution in [-0.2, 0) is 0 Å². The van der Waals surface area contributed by atoms with Gasteiger partial charge in [0.25, 0.3) is 0 Å². The summed E-state index contributed by atoms with van der Waals surface area (Å²) in [6, 6.07) is 0. The molecule has 0 spiro atoms. The Kier molecular flexibility index (Phi) is 1.84. The predicted octanol–water partition coefficient (Wildman–Crippen LogP) is 1.19. The molecular weight excluding hydrogens is 130 g/mol. The Balaban J connectivity index is 2.33. The summed E-state index contributed by atoms with van der Waals surface area (Å²) in [5, 5.41) is 0. The second-order valence-corrected chi connectivity index (χ2v) is 3.50. The lowest BCUT2D eigenvalue weighted by Gasteiger charge is -2.08. The van der Waals surface area contributed by atoms with Crippen molar-refractivity contribution in [3.05, 3.63) is 0 Å². The minimum absolute atomic E-state index is 0.236. The van der Waals surface area contributed by atoms with Crippen molar-refractivity contribution in [2.24, 2.45) is 0 Å². The van der Waals surface area contributed by atoms with Crippen LogP contribution >= 0.6 is 23.4 Å². The third-order valence-electron chi connectivity index (χ3n) is 1.05. The quantitative estimate of drug-likeness (QED) is 0.365. The predicted molar refractivity (Wildman–Crippen MR) is 34.7 cm³/mol. The van der Waals surface area contributed by atoms with Crippen LogP contribution in [0.3, 0.4) is 0 Å². The molecule has 1 saturated heterocycles. The number of halogens is 1. The zero-order valence-electron chi connectivity index (χ0n) is 4.22. The Labute approximate surface area is 53.0 Å². The van der Waals surface area contributed by atoms with Gasteiger partial charge < -0.3 is 0 Å². The Hall–Kier alpha value is 0.600. The maximum atomic E-state index is 5.75. The summed E-state index contributed by atoms with van der Waals surface area (Å²) in [5.41, 5.74) is 0. The Morgan fingerprint density at radius 3 is 2.71 bits per heavy atom. The van der Waals surface area contributed by atoms with Crippen molar-refractivity contribution in [2.45, 2.75) is 4.83 Å². The van der Waals surface area contributed by atoms with Crippen molar-refractivity contribution in [2.75, 3.05) is 19.3 Å². The van der Waals surface area contributed by atoms with E-state index in [1.165, 1.54) is 5.75 Å². The molecule has 1 atom stereocenters. The zero-order chi connectivity index (χ0) is 5.28. The molecule has 0 aromatic heterocycles. The van der Waals surface area contributed by atoms with Gasteiger partial charge in [0.05, 0.1) is 0 Å². The van der Waals surface area contributed by atoms with Crippen LogP contribution < -0.4 is 0 Å². The van der Waals surface area contributed by atoms with Gasteiger partial charge in [-0.25, -0.2) is 0 Å². The van der Waals surface area contributed by atoms with E-state index in [4.69, 9.17) is 11.6 Å². The highest BCUT2D eigenvalue weighted by atomic mass is 35.5.